The topological polar surface area (TPSA) is 69.6 Å². The molecule has 0 aromatic heterocycles. The van der Waals surface area contributed by atoms with E-state index in [4.69, 9.17) is 5.11 Å². The highest BCUT2D eigenvalue weighted by Crippen LogP contribution is 2.14. The molecular formula is C12H22N2O3. The van der Waals surface area contributed by atoms with Crippen LogP contribution in [0.25, 0.3) is 0 Å². The monoisotopic (exact) mass is 242 g/mol. The van der Waals surface area contributed by atoms with Gasteiger partial charge in [-0.1, -0.05) is 6.92 Å². The van der Waals surface area contributed by atoms with E-state index in [1.165, 1.54) is 0 Å². The molecule has 0 aromatic carbocycles. The molecule has 5 nitrogen and oxygen atoms in total. The molecule has 0 spiro atoms. The molecular weight excluding hydrogens is 220 g/mol. The van der Waals surface area contributed by atoms with E-state index in [-0.39, 0.29) is 12.3 Å². The molecule has 1 rings (SSSR count). The van der Waals surface area contributed by atoms with Gasteiger partial charge in [-0.25, -0.2) is 0 Å². The summed E-state index contributed by atoms with van der Waals surface area (Å²) in [6.07, 6.45) is 1.95. The Kier molecular flexibility index (Phi) is 5.97. The highest BCUT2D eigenvalue weighted by molar-refractivity contribution is 5.76. The Morgan fingerprint density at radius 1 is 1.41 bits per heavy atom. The van der Waals surface area contributed by atoms with Gasteiger partial charge in [-0.2, -0.15) is 0 Å². The van der Waals surface area contributed by atoms with Crippen molar-refractivity contribution in [2.45, 2.75) is 32.6 Å². The molecule has 1 amide bonds. The fraction of sp³-hybridized carbons (Fsp3) is 0.833. The lowest BCUT2D eigenvalue weighted by Crippen LogP contribution is -2.30. The summed E-state index contributed by atoms with van der Waals surface area (Å²) in [7, 11) is 0. The average Bonchev–Trinajstić information content (AvgIpc) is 2.73. The number of carbonyl (C=O) groups is 2. The van der Waals surface area contributed by atoms with Crippen molar-refractivity contribution in [2.75, 3.05) is 26.2 Å². The molecule has 0 aliphatic carbocycles. The van der Waals surface area contributed by atoms with E-state index in [0.29, 0.717) is 18.8 Å². The van der Waals surface area contributed by atoms with Gasteiger partial charge in [-0.05, 0) is 31.8 Å². The maximum atomic E-state index is 11.4. The van der Waals surface area contributed by atoms with Gasteiger partial charge in [0, 0.05) is 25.9 Å². The third kappa shape index (κ3) is 5.68. The lowest BCUT2D eigenvalue weighted by molar-refractivity contribution is -0.137. The summed E-state index contributed by atoms with van der Waals surface area (Å²) in [5, 5.41) is 11.3. The molecule has 98 valence electrons. The fourth-order valence-corrected chi connectivity index (χ4v) is 2.11. The van der Waals surface area contributed by atoms with Gasteiger partial charge in [0.05, 0.1) is 0 Å². The standard InChI is InChI=1S/C12H22N2O3/c1-2-14-7-6-10(9-14)8-13-11(15)4-3-5-12(16)17/h10H,2-9H2,1H3,(H,13,15)(H,16,17). The highest BCUT2D eigenvalue weighted by atomic mass is 16.4. The van der Waals surface area contributed by atoms with Gasteiger partial charge in [-0.15, -0.1) is 0 Å². The van der Waals surface area contributed by atoms with Crippen molar-refractivity contribution >= 4 is 11.9 Å². The first-order valence-electron chi connectivity index (χ1n) is 6.32. The highest BCUT2D eigenvalue weighted by Gasteiger charge is 2.21. The Labute approximate surface area is 102 Å². The van der Waals surface area contributed by atoms with Gasteiger partial charge in [0.25, 0.3) is 0 Å². The van der Waals surface area contributed by atoms with Gasteiger partial charge in [-0.3, -0.25) is 9.59 Å². The van der Waals surface area contributed by atoms with Crippen LogP contribution in [0.4, 0.5) is 0 Å². The first kappa shape index (κ1) is 14.0. The summed E-state index contributed by atoms with van der Waals surface area (Å²) in [4.78, 5) is 24.1. The zero-order valence-corrected chi connectivity index (χ0v) is 10.4. The second-order valence-electron chi connectivity index (χ2n) is 4.60. The Hall–Kier alpha value is -1.10. The lowest BCUT2D eigenvalue weighted by Gasteiger charge is -2.13. The first-order valence-corrected chi connectivity index (χ1v) is 6.32. The van der Waals surface area contributed by atoms with Crippen molar-refractivity contribution in [3.8, 4) is 0 Å². The van der Waals surface area contributed by atoms with Crippen LogP contribution < -0.4 is 5.32 Å². The smallest absolute Gasteiger partial charge is 0.303 e. The second-order valence-corrected chi connectivity index (χ2v) is 4.60. The maximum Gasteiger partial charge on any atom is 0.303 e. The molecule has 1 atom stereocenters. The predicted octanol–water partition coefficient (Wildman–Crippen LogP) is 0.699. The number of nitrogens with zero attached hydrogens (tertiary/aromatic N) is 1. The summed E-state index contributed by atoms with van der Waals surface area (Å²) in [6.45, 7) is 6.13. The molecule has 1 unspecified atom stereocenters. The molecule has 0 aromatic rings. The van der Waals surface area contributed by atoms with E-state index in [1.54, 1.807) is 0 Å². The summed E-state index contributed by atoms with van der Waals surface area (Å²) >= 11 is 0. The molecule has 1 fully saturated rings. The number of carboxylic acids is 1. The van der Waals surface area contributed by atoms with Gasteiger partial charge >= 0.3 is 5.97 Å². The number of hydrogen-bond donors (Lipinski definition) is 2. The van der Waals surface area contributed by atoms with Crippen LogP contribution >= 0.6 is 0 Å². The van der Waals surface area contributed by atoms with Crippen LogP contribution in [0.5, 0.6) is 0 Å². The number of carbonyl (C=O) groups excluding carboxylic acids is 1. The van der Waals surface area contributed by atoms with E-state index >= 15 is 0 Å². The number of nitrogens with one attached hydrogen (secondary N) is 1. The Bertz CT molecular complexity index is 268. The van der Waals surface area contributed by atoms with Gasteiger partial charge in [0.2, 0.25) is 5.91 Å². The molecule has 0 saturated carbocycles. The summed E-state index contributed by atoms with van der Waals surface area (Å²) in [5.41, 5.74) is 0. The van der Waals surface area contributed by atoms with Crippen LogP contribution in [0.15, 0.2) is 0 Å². The Morgan fingerprint density at radius 2 is 2.18 bits per heavy atom. The van der Waals surface area contributed by atoms with Crippen LogP contribution in [-0.4, -0.2) is 48.1 Å². The van der Waals surface area contributed by atoms with Gasteiger partial charge < -0.3 is 15.3 Å². The molecule has 1 aliphatic rings. The van der Waals surface area contributed by atoms with Crippen LogP contribution in [0, 0.1) is 5.92 Å². The van der Waals surface area contributed by atoms with E-state index in [0.717, 1.165) is 32.6 Å². The zero-order valence-electron chi connectivity index (χ0n) is 10.4. The number of likely N-dealkylation sites (tertiary alicyclic amines) is 1. The Morgan fingerprint density at radius 3 is 2.76 bits per heavy atom. The van der Waals surface area contributed by atoms with Crippen LogP contribution in [0.2, 0.25) is 0 Å². The normalized spacial score (nSPS) is 20.4. The molecule has 17 heavy (non-hydrogen) atoms. The molecule has 1 saturated heterocycles. The molecule has 2 N–H and O–H groups in total. The van der Waals surface area contributed by atoms with E-state index in [9.17, 15) is 9.59 Å². The SMILES string of the molecule is CCN1CCC(CNC(=O)CCCC(=O)O)C1. The minimum absolute atomic E-state index is 0.0267. The third-order valence-electron chi connectivity index (χ3n) is 3.20. The van der Waals surface area contributed by atoms with Crippen LogP contribution in [-0.2, 0) is 9.59 Å². The second kappa shape index (κ2) is 7.27. The van der Waals surface area contributed by atoms with Crippen molar-refractivity contribution in [1.29, 1.82) is 0 Å². The maximum absolute atomic E-state index is 11.4. The largest absolute Gasteiger partial charge is 0.481 e. The molecule has 5 heteroatoms. The van der Waals surface area contributed by atoms with E-state index < -0.39 is 5.97 Å². The summed E-state index contributed by atoms with van der Waals surface area (Å²) in [6, 6.07) is 0. The fourth-order valence-electron chi connectivity index (χ4n) is 2.11. The third-order valence-corrected chi connectivity index (χ3v) is 3.20. The van der Waals surface area contributed by atoms with Crippen LogP contribution in [0.1, 0.15) is 32.6 Å². The predicted molar refractivity (Wildman–Crippen MR) is 64.7 cm³/mol. The molecule has 1 aliphatic heterocycles. The van der Waals surface area contributed by atoms with Crippen molar-refractivity contribution in [3.63, 3.8) is 0 Å². The number of hydrogen-bond acceptors (Lipinski definition) is 3. The van der Waals surface area contributed by atoms with Crippen molar-refractivity contribution in [1.82, 2.24) is 10.2 Å². The Balaban J connectivity index is 2.06. The van der Waals surface area contributed by atoms with E-state index in [1.807, 2.05) is 0 Å². The van der Waals surface area contributed by atoms with Crippen molar-refractivity contribution in [2.24, 2.45) is 5.92 Å². The minimum Gasteiger partial charge on any atom is -0.481 e. The molecule has 1 heterocycles. The average molecular weight is 242 g/mol. The number of aliphatic carboxylic acids is 1. The van der Waals surface area contributed by atoms with Crippen LogP contribution in [0.3, 0.4) is 0 Å². The minimum atomic E-state index is -0.841. The van der Waals surface area contributed by atoms with Gasteiger partial charge in [0.1, 0.15) is 0 Å². The number of carboxylic acid groups (broad SMARTS) is 1. The van der Waals surface area contributed by atoms with Crippen molar-refractivity contribution in [3.05, 3.63) is 0 Å². The summed E-state index contributed by atoms with van der Waals surface area (Å²) in [5.74, 6) is -0.313. The van der Waals surface area contributed by atoms with E-state index in [2.05, 4.69) is 17.1 Å². The van der Waals surface area contributed by atoms with Crippen molar-refractivity contribution < 1.29 is 14.7 Å². The molecule has 0 radical (unpaired) electrons. The zero-order chi connectivity index (χ0) is 12.7. The first-order chi connectivity index (χ1) is 8.11. The van der Waals surface area contributed by atoms with Gasteiger partial charge in [0.15, 0.2) is 0 Å². The lowest BCUT2D eigenvalue weighted by atomic mass is 10.1. The quantitative estimate of drug-likeness (QED) is 0.689. The number of rotatable bonds is 7. The molecule has 0 bridgehead atoms. The summed E-state index contributed by atoms with van der Waals surface area (Å²) < 4.78 is 0. The number of amides is 1.